The molecule has 0 spiro atoms. The topological polar surface area (TPSA) is 66.4 Å². The third kappa shape index (κ3) is 5.09. The summed E-state index contributed by atoms with van der Waals surface area (Å²) in [6.45, 7) is 9.53. The van der Waals surface area contributed by atoms with E-state index in [1.807, 2.05) is 28.8 Å². The minimum Gasteiger partial charge on any atom is -0.493 e. The molecule has 6 nitrogen and oxygen atoms in total. The number of aromatic nitrogens is 1. The molecule has 0 aliphatic carbocycles. The van der Waals surface area contributed by atoms with Crippen molar-refractivity contribution in [1.29, 1.82) is 0 Å². The van der Waals surface area contributed by atoms with Gasteiger partial charge in [-0.25, -0.2) is 0 Å². The highest BCUT2D eigenvalue weighted by atomic mass is 32.1. The van der Waals surface area contributed by atoms with Gasteiger partial charge in [-0.2, -0.15) is 0 Å². The van der Waals surface area contributed by atoms with Gasteiger partial charge in [0.25, 0.3) is 0 Å². The number of quaternary nitrogens is 1. The van der Waals surface area contributed by atoms with Crippen molar-refractivity contribution in [3.63, 3.8) is 0 Å². The SMILES string of the molecule is CCc1cccc(CC)c1NC(=S)N=Nc1c(O)n(C[NH+]2CCC(C)CC2)c2ccccc12. The number of piperidine rings is 1. The number of thiocarbonyl (C=S) groups is 1. The molecule has 1 aliphatic rings. The normalized spacial score (nSPS) is 18.8. The van der Waals surface area contributed by atoms with Gasteiger partial charge in [0.1, 0.15) is 0 Å². The van der Waals surface area contributed by atoms with Gasteiger partial charge in [-0.3, -0.25) is 4.57 Å². The molecule has 2 aromatic carbocycles. The van der Waals surface area contributed by atoms with Crippen LogP contribution in [-0.4, -0.2) is 27.9 Å². The van der Waals surface area contributed by atoms with Crippen molar-refractivity contribution in [1.82, 2.24) is 4.57 Å². The van der Waals surface area contributed by atoms with Crippen molar-refractivity contribution in [2.45, 2.75) is 53.1 Å². The van der Waals surface area contributed by atoms with E-state index >= 15 is 0 Å². The van der Waals surface area contributed by atoms with Gasteiger partial charge in [-0.05, 0) is 61.0 Å². The number of aromatic hydroxyl groups is 1. The fourth-order valence-corrected chi connectivity index (χ4v) is 4.86. The van der Waals surface area contributed by atoms with Gasteiger partial charge in [0.15, 0.2) is 12.4 Å². The number of benzene rings is 2. The molecule has 7 heteroatoms. The zero-order chi connectivity index (χ0) is 23.4. The summed E-state index contributed by atoms with van der Waals surface area (Å²) in [6, 6.07) is 14.2. The molecule has 0 bridgehead atoms. The molecule has 174 valence electrons. The zero-order valence-corrected chi connectivity index (χ0v) is 20.6. The van der Waals surface area contributed by atoms with E-state index in [9.17, 15) is 5.11 Å². The van der Waals surface area contributed by atoms with Crippen LogP contribution in [-0.2, 0) is 19.5 Å². The maximum Gasteiger partial charge on any atom is 0.225 e. The second-order valence-corrected chi connectivity index (χ2v) is 9.38. The molecule has 1 aliphatic heterocycles. The summed E-state index contributed by atoms with van der Waals surface area (Å²) in [5.74, 6) is 0.935. The number of nitrogens with zero attached hydrogens (tertiary/aromatic N) is 3. The number of anilines is 1. The van der Waals surface area contributed by atoms with Crippen LogP contribution in [0.4, 0.5) is 11.4 Å². The Morgan fingerprint density at radius 2 is 1.76 bits per heavy atom. The van der Waals surface area contributed by atoms with Crippen LogP contribution in [0.1, 0.15) is 44.7 Å². The van der Waals surface area contributed by atoms with Crippen LogP contribution < -0.4 is 10.2 Å². The Bertz CT molecular complexity index is 1140. The highest BCUT2D eigenvalue weighted by Crippen LogP contribution is 2.38. The van der Waals surface area contributed by atoms with E-state index in [1.54, 1.807) is 0 Å². The Morgan fingerprint density at radius 1 is 1.09 bits per heavy atom. The van der Waals surface area contributed by atoms with E-state index in [2.05, 4.69) is 54.5 Å². The van der Waals surface area contributed by atoms with Gasteiger partial charge in [0.05, 0.1) is 18.6 Å². The number of para-hydroxylation sites is 2. The fraction of sp³-hybridized carbons (Fsp3) is 0.423. The predicted molar refractivity (Wildman–Crippen MR) is 139 cm³/mol. The zero-order valence-electron chi connectivity index (χ0n) is 19.8. The van der Waals surface area contributed by atoms with Gasteiger partial charge in [0.2, 0.25) is 11.0 Å². The molecule has 0 atom stereocenters. The minimum atomic E-state index is 0.150. The maximum absolute atomic E-state index is 11.1. The number of aryl methyl sites for hydroxylation is 2. The van der Waals surface area contributed by atoms with Crippen LogP contribution >= 0.6 is 12.2 Å². The number of rotatable bonds is 6. The number of fused-ring (bicyclic) bond motifs is 1. The largest absolute Gasteiger partial charge is 0.493 e. The summed E-state index contributed by atoms with van der Waals surface area (Å²) >= 11 is 5.50. The smallest absolute Gasteiger partial charge is 0.225 e. The van der Waals surface area contributed by atoms with Crippen LogP contribution in [0.15, 0.2) is 52.7 Å². The molecule has 4 rings (SSSR count). The number of likely N-dealkylation sites (tertiary alicyclic amines) is 1. The first kappa shape index (κ1) is 23.4. The summed E-state index contributed by atoms with van der Waals surface area (Å²) in [5, 5.41) is 24.2. The first-order chi connectivity index (χ1) is 16.0. The minimum absolute atomic E-state index is 0.150. The molecule has 1 saturated heterocycles. The Labute approximate surface area is 201 Å². The van der Waals surface area contributed by atoms with Gasteiger partial charge in [-0.1, -0.05) is 57.2 Å². The quantitative estimate of drug-likeness (QED) is 0.346. The van der Waals surface area contributed by atoms with Gasteiger partial charge < -0.3 is 15.3 Å². The molecular formula is C26H34N5OS+. The first-order valence-corrected chi connectivity index (χ1v) is 12.4. The summed E-state index contributed by atoms with van der Waals surface area (Å²) < 4.78 is 1.97. The lowest BCUT2D eigenvalue weighted by Gasteiger charge is -2.27. The Hall–Kier alpha value is -2.77. The van der Waals surface area contributed by atoms with Gasteiger partial charge in [0, 0.05) is 11.1 Å². The summed E-state index contributed by atoms with van der Waals surface area (Å²) in [5.41, 5.74) is 4.86. The highest BCUT2D eigenvalue weighted by Gasteiger charge is 2.23. The molecule has 3 N–H and O–H groups in total. The molecule has 0 radical (unpaired) electrons. The number of nitrogens with one attached hydrogen (secondary N) is 2. The van der Waals surface area contributed by atoms with Crippen LogP contribution in [0.3, 0.4) is 0 Å². The second kappa shape index (κ2) is 10.4. The fourth-order valence-electron chi connectivity index (χ4n) is 4.71. The van der Waals surface area contributed by atoms with Gasteiger partial charge in [-0.15, -0.1) is 10.2 Å². The standard InChI is InChI=1S/C26H33N5OS/c1-4-19-9-8-10-20(5-2)23(19)27-26(33)29-28-24-21-11-6-7-12-22(21)31(25(24)32)17-30-15-13-18(3)14-16-30/h6-12,18,32H,4-5,13-17H2,1-3H3,(H,27,33)/p+1. The number of hydrogen-bond donors (Lipinski definition) is 3. The van der Waals surface area contributed by atoms with Crippen molar-refractivity contribution in [2.75, 3.05) is 18.4 Å². The molecule has 0 unspecified atom stereocenters. The third-order valence-corrected chi connectivity index (χ3v) is 6.94. The van der Waals surface area contributed by atoms with Crippen molar-refractivity contribution in [3.8, 4) is 5.88 Å². The molecule has 0 saturated carbocycles. The lowest BCUT2D eigenvalue weighted by molar-refractivity contribution is -0.928. The van der Waals surface area contributed by atoms with E-state index in [1.165, 1.54) is 28.9 Å². The van der Waals surface area contributed by atoms with E-state index in [0.717, 1.165) is 55.1 Å². The van der Waals surface area contributed by atoms with Crippen molar-refractivity contribution < 1.29 is 10.0 Å². The Morgan fingerprint density at radius 3 is 2.42 bits per heavy atom. The van der Waals surface area contributed by atoms with E-state index in [0.29, 0.717) is 5.69 Å². The molecule has 33 heavy (non-hydrogen) atoms. The summed E-state index contributed by atoms with van der Waals surface area (Å²) in [7, 11) is 0. The van der Waals surface area contributed by atoms with Crippen molar-refractivity contribution >= 4 is 39.6 Å². The average Bonchev–Trinajstić information content (AvgIpc) is 3.10. The van der Waals surface area contributed by atoms with Crippen LogP contribution in [0.5, 0.6) is 5.88 Å². The molecular weight excluding hydrogens is 430 g/mol. The summed E-state index contributed by atoms with van der Waals surface area (Å²) in [4.78, 5) is 1.48. The van der Waals surface area contributed by atoms with E-state index < -0.39 is 0 Å². The van der Waals surface area contributed by atoms with E-state index in [-0.39, 0.29) is 11.0 Å². The number of hydrogen-bond acceptors (Lipinski definition) is 3. The Balaban J connectivity index is 1.59. The first-order valence-electron chi connectivity index (χ1n) is 12.0. The second-order valence-electron chi connectivity index (χ2n) is 9.00. The van der Waals surface area contributed by atoms with Crippen LogP contribution in [0, 0.1) is 5.92 Å². The molecule has 1 aromatic heterocycles. The Kier molecular flexibility index (Phi) is 7.40. The van der Waals surface area contributed by atoms with Gasteiger partial charge >= 0.3 is 0 Å². The monoisotopic (exact) mass is 464 g/mol. The lowest BCUT2D eigenvalue weighted by Crippen LogP contribution is -3.12. The maximum atomic E-state index is 11.1. The average molecular weight is 465 g/mol. The van der Waals surface area contributed by atoms with E-state index in [4.69, 9.17) is 12.2 Å². The third-order valence-electron chi connectivity index (χ3n) is 6.75. The van der Waals surface area contributed by atoms with Crippen LogP contribution in [0.2, 0.25) is 0 Å². The predicted octanol–water partition coefficient (Wildman–Crippen LogP) is 5.22. The molecule has 1 fully saturated rings. The van der Waals surface area contributed by atoms with Crippen molar-refractivity contribution in [3.05, 3.63) is 53.6 Å². The highest BCUT2D eigenvalue weighted by molar-refractivity contribution is 7.80. The molecule has 2 heterocycles. The lowest BCUT2D eigenvalue weighted by atomic mass is 10.00. The molecule has 0 amide bonds. The van der Waals surface area contributed by atoms with Crippen LogP contribution in [0.25, 0.3) is 10.9 Å². The summed E-state index contributed by atoms with van der Waals surface area (Å²) in [6.07, 6.45) is 4.26. The number of azo groups is 1. The molecule has 3 aromatic rings. The van der Waals surface area contributed by atoms with Crippen molar-refractivity contribution in [2.24, 2.45) is 16.1 Å².